The lowest BCUT2D eigenvalue weighted by Crippen LogP contribution is -2.45. The molecule has 0 aromatic heterocycles. The van der Waals surface area contributed by atoms with Crippen LogP contribution in [0.3, 0.4) is 0 Å². The van der Waals surface area contributed by atoms with Crippen molar-refractivity contribution in [3.8, 4) is 0 Å². The molecule has 4 atom stereocenters. The highest BCUT2D eigenvalue weighted by molar-refractivity contribution is 4.89. The van der Waals surface area contributed by atoms with E-state index in [4.69, 9.17) is 14.2 Å². The third-order valence-corrected chi connectivity index (χ3v) is 2.49. The lowest BCUT2D eigenvalue weighted by Gasteiger charge is -2.32. The van der Waals surface area contributed by atoms with E-state index >= 15 is 0 Å². The van der Waals surface area contributed by atoms with Crippen LogP contribution < -0.4 is 0 Å². The Morgan fingerprint density at radius 1 is 1.31 bits per heavy atom. The van der Waals surface area contributed by atoms with Crippen molar-refractivity contribution < 1.29 is 19.3 Å². The molecule has 0 aromatic carbocycles. The molecule has 0 aliphatic carbocycles. The molecule has 2 fully saturated rings. The highest BCUT2D eigenvalue weighted by Gasteiger charge is 2.48. The van der Waals surface area contributed by atoms with Crippen molar-refractivity contribution in [3.05, 3.63) is 0 Å². The molecule has 13 heavy (non-hydrogen) atoms. The monoisotopic (exact) mass is 188 g/mol. The number of ether oxygens (including phenoxy) is 3. The van der Waals surface area contributed by atoms with Gasteiger partial charge in [0.05, 0.1) is 12.2 Å². The first-order valence-electron chi connectivity index (χ1n) is 4.67. The second-order valence-corrected chi connectivity index (χ2v) is 4.17. The fraction of sp³-hybridized carbons (Fsp3) is 1.00. The minimum absolute atomic E-state index is 0.0336. The molecule has 0 aromatic rings. The number of aliphatic hydroxyl groups is 1. The summed E-state index contributed by atoms with van der Waals surface area (Å²) in [6.45, 7) is 5.65. The molecule has 2 heterocycles. The minimum Gasteiger partial charge on any atom is -0.368 e. The van der Waals surface area contributed by atoms with Gasteiger partial charge in [-0.25, -0.2) is 0 Å². The molecule has 0 radical (unpaired) electrons. The third kappa shape index (κ3) is 1.72. The van der Waals surface area contributed by atoms with Gasteiger partial charge in [-0.2, -0.15) is 0 Å². The molecule has 4 nitrogen and oxygen atoms in total. The van der Waals surface area contributed by atoms with Gasteiger partial charge in [0.25, 0.3) is 0 Å². The SMILES string of the molecule is C[C@H]1O[C@H](O)C[C@@H]2OC(C)(C)O[C@@H]21. The highest BCUT2D eigenvalue weighted by atomic mass is 16.8. The number of hydrogen-bond acceptors (Lipinski definition) is 4. The van der Waals surface area contributed by atoms with Gasteiger partial charge >= 0.3 is 0 Å². The van der Waals surface area contributed by atoms with Crippen LogP contribution in [0.4, 0.5) is 0 Å². The Labute approximate surface area is 77.8 Å². The van der Waals surface area contributed by atoms with Gasteiger partial charge in [0.15, 0.2) is 12.1 Å². The summed E-state index contributed by atoms with van der Waals surface area (Å²) in [5, 5.41) is 9.34. The first kappa shape index (κ1) is 9.40. The summed E-state index contributed by atoms with van der Waals surface area (Å²) < 4.78 is 16.5. The highest BCUT2D eigenvalue weighted by Crippen LogP contribution is 2.36. The van der Waals surface area contributed by atoms with E-state index in [0.29, 0.717) is 6.42 Å². The fourth-order valence-electron chi connectivity index (χ4n) is 2.02. The summed E-state index contributed by atoms with van der Waals surface area (Å²) in [5.41, 5.74) is 0. The summed E-state index contributed by atoms with van der Waals surface area (Å²) in [7, 11) is 0. The Bertz CT molecular complexity index is 204. The largest absolute Gasteiger partial charge is 0.368 e. The van der Waals surface area contributed by atoms with E-state index in [-0.39, 0.29) is 18.3 Å². The third-order valence-electron chi connectivity index (χ3n) is 2.49. The number of aliphatic hydroxyl groups excluding tert-OH is 1. The van der Waals surface area contributed by atoms with Crippen molar-refractivity contribution in [1.82, 2.24) is 0 Å². The van der Waals surface area contributed by atoms with Gasteiger partial charge in [0, 0.05) is 6.42 Å². The van der Waals surface area contributed by atoms with Gasteiger partial charge < -0.3 is 19.3 Å². The predicted molar refractivity (Wildman–Crippen MR) is 45.0 cm³/mol. The van der Waals surface area contributed by atoms with Gasteiger partial charge in [-0.05, 0) is 20.8 Å². The molecule has 4 heteroatoms. The zero-order valence-corrected chi connectivity index (χ0v) is 8.19. The molecular formula is C9H16O4. The van der Waals surface area contributed by atoms with Gasteiger partial charge in [-0.3, -0.25) is 0 Å². The molecular weight excluding hydrogens is 172 g/mol. The second-order valence-electron chi connectivity index (χ2n) is 4.17. The average Bonchev–Trinajstić information content (AvgIpc) is 2.23. The Morgan fingerprint density at radius 2 is 2.00 bits per heavy atom. The van der Waals surface area contributed by atoms with Crippen molar-refractivity contribution in [2.75, 3.05) is 0 Å². The Hall–Kier alpha value is -0.160. The van der Waals surface area contributed by atoms with E-state index in [9.17, 15) is 5.11 Å². The first-order valence-corrected chi connectivity index (χ1v) is 4.67. The Kier molecular flexibility index (Phi) is 2.11. The molecule has 2 saturated heterocycles. The van der Waals surface area contributed by atoms with Crippen LogP contribution in [0.15, 0.2) is 0 Å². The minimum atomic E-state index is -0.714. The van der Waals surface area contributed by atoms with E-state index in [1.807, 2.05) is 20.8 Å². The van der Waals surface area contributed by atoms with Crippen LogP contribution in [0.25, 0.3) is 0 Å². The van der Waals surface area contributed by atoms with Crippen LogP contribution in [0.5, 0.6) is 0 Å². The van der Waals surface area contributed by atoms with Gasteiger partial charge in [0.1, 0.15) is 6.10 Å². The van der Waals surface area contributed by atoms with Crippen molar-refractivity contribution in [3.63, 3.8) is 0 Å². The molecule has 0 unspecified atom stereocenters. The smallest absolute Gasteiger partial charge is 0.163 e. The Morgan fingerprint density at radius 3 is 2.69 bits per heavy atom. The molecule has 0 saturated carbocycles. The molecule has 2 aliphatic rings. The zero-order chi connectivity index (χ0) is 9.64. The normalized spacial score (nSPS) is 48.9. The van der Waals surface area contributed by atoms with Crippen LogP contribution in [0, 0.1) is 0 Å². The fourth-order valence-corrected chi connectivity index (χ4v) is 2.02. The molecule has 0 bridgehead atoms. The molecule has 2 aliphatic heterocycles. The summed E-state index contributed by atoms with van der Waals surface area (Å²) in [5.74, 6) is -0.545. The standard InChI is InChI=1S/C9H16O4/c1-5-8-6(4-7(10)11-5)12-9(2,3)13-8/h5-8,10H,4H2,1-3H3/t5-,6+,7+,8-/m1/s1. The van der Waals surface area contributed by atoms with Crippen molar-refractivity contribution in [2.24, 2.45) is 0 Å². The van der Waals surface area contributed by atoms with E-state index in [1.54, 1.807) is 0 Å². The van der Waals surface area contributed by atoms with Crippen LogP contribution in [0.1, 0.15) is 27.2 Å². The lowest BCUT2D eigenvalue weighted by molar-refractivity contribution is -0.203. The Balaban J connectivity index is 2.10. The quantitative estimate of drug-likeness (QED) is 0.606. The van der Waals surface area contributed by atoms with E-state index in [2.05, 4.69) is 0 Å². The van der Waals surface area contributed by atoms with E-state index in [0.717, 1.165) is 0 Å². The number of rotatable bonds is 0. The summed E-state index contributed by atoms with van der Waals surface area (Å²) in [6.07, 6.45) is -0.394. The van der Waals surface area contributed by atoms with Crippen molar-refractivity contribution in [1.29, 1.82) is 0 Å². The van der Waals surface area contributed by atoms with Crippen LogP contribution in [0.2, 0.25) is 0 Å². The van der Waals surface area contributed by atoms with Gasteiger partial charge in [-0.1, -0.05) is 0 Å². The average molecular weight is 188 g/mol. The van der Waals surface area contributed by atoms with E-state index in [1.165, 1.54) is 0 Å². The maximum Gasteiger partial charge on any atom is 0.163 e. The van der Waals surface area contributed by atoms with Crippen LogP contribution in [-0.2, 0) is 14.2 Å². The first-order chi connectivity index (χ1) is 5.98. The molecule has 0 spiro atoms. The summed E-state index contributed by atoms with van der Waals surface area (Å²) >= 11 is 0. The molecule has 2 rings (SSSR count). The van der Waals surface area contributed by atoms with Crippen molar-refractivity contribution in [2.45, 2.75) is 57.6 Å². The van der Waals surface area contributed by atoms with Crippen molar-refractivity contribution >= 4 is 0 Å². The van der Waals surface area contributed by atoms with Gasteiger partial charge in [0.2, 0.25) is 0 Å². The topological polar surface area (TPSA) is 47.9 Å². The number of hydrogen-bond donors (Lipinski definition) is 1. The van der Waals surface area contributed by atoms with Crippen LogP contribution >= 0.6 is 0 Å². The second kappa shape index (κ2) is 2.92. The van der Waals surface area contributed by atoms with E-state index < -0.39 is 12.1 Å². The lowest BCUT2D eigenvalue weighted by atomic mass is 10.0. The summed E-state index contributed by atoms with van der Waals surface area (Å²) in [4.78, 5) is 0. The predicted octanol–water partition coefficient (Wildman–Crippen LogP) is 0.634. The number of fused-ring (bicyclic) bond motifs is 1. The zero-order valence-electron chi connectivity index (χ0n) is 8.19. The maximum atomic E-state index is 9.34. The van der Waals surface area contributed by atoms with Gasteiger partial charge in [-0.15, -0.1) is 0 Å². The summed E-state index contributed by atoms with van der Waals surface area (Å²) in [6, 6.07) is 0. The molecule has 0 amide bonds. The van der Waals surface area contributed by atoms with Crippen LogP contribution in [-0.4, -0.2) is 35.5 Å². The molecule has 1 N–H and O–H groups in total. The molecule has 76 valence electrons. The maximum absolute atomic E-state index is 9.34.